The number of aromatic nitrogens is 2. The van der Waals surface area contributed by atoms with Crippen LogP contribution >= 0.6 is 0 Å². The third-order valence-electron chi connectivity index (χ3n) is 3.25. The molecule has 1 aliphatic rings. The minimum absolute atomic E-state index is 0.0430. The topological polar surface area (TPSA) is 49.2 Å². The second-order valence-corrected chi connectivity index (χ2v) is 4.71. The molecule has 2 rings (SSSR count). The van der Waals surface area contributed by atoms with Crippen molar-refractivity contribution >= 4 is 5.82 Å². The Balaban J connectivity index is 2.20. The minimum Gasteiger partial charge on any atom is -0.390 e. The zero-order valence-corrected chi connectivity index (χ0v) is 9.93. The predicted octanol–water partition coefficient (Wildman–Crippen LogP) is 1.59. The lowest BCUT2D eigenvalue weighted by molar-refractivity contribution is 0.276. The fourth-order valence-electron chi connectivity index (χ4n) is 2.22. The predicted molar refractivity (Wildman–Crippen MR) is 63.2 cm³/mol. The van der Waals surface area contributed by atoms with Crippen molar-refractivity contribution in [2.24, 2.45) is 5.92 Å². The standard InChI is InChI=1S/C12H19N3O/c1-9-3-4-10(2)15(7-9)12-6-13-5-11(8-16)14-12/h5-6,9-10,16H,3-4,7-8H2,1-2H3. The molecule has 2 unspecified atom stereocenters. The Bertz CT molecular complexity index is 356. The molecule has 16 heavy (non-hydrogen) atoms. The number of hydrogen-bond acceptors (Lipinski definition) is 4. The summed E-state index contributed by atoms with van der Waals surface area (Å²) in [7, 11) is 0. The van der Waals surface area contributed by atoms with E-state index >= 15 is 0 Å². The summed E-state index contributed by atoms with van der Waals surface area (Å²) in [6.45, 7) is 5.48. The Morgan fingerprint density at radius 3 is 2.94 bits per heavy atom. The largest absolute Gasteiger partial charge is 0.390 e. The van der Waals surface area contributed by atoms with Gasteiger partial charge in [0.25, 0.3) is 0 Å². The fraction of sp³-hybridized carbons (Fsp3) is 0.667. The molecule has 0 radical (unpaired) electrons. The Kier molecular flexibility index (Phi) is 3.39. The number of aliphatic hydroxyl groups is 1. The van der Waals surface area contributed by atoms with Crippen molar-refractivity contribution < 1.29 is 5.11 Å². The molecule has 1 aliphatic heterocycles. The van der Waals surface area contributed by atoms with Crippen molar-refractivity contribution in [2.45, 2.75) is 39.3 Å². The molecule has 0 aromatic carbocycles. The van der Waals surface area contributed by atoms with Gasteiger partial charge >= 0.3 is 0 Å². The first-order chi connectivity index (χ1) is 7.70. The summed E-state index contributed by atoms with van der Waals surface area (Å²) in [5.74, 6) is 1.60. The second-order valence-electron chi connectivity index (χ2n) is 4.71. The van der Waals surface area contributed by atoms with E-state index in [4.69, 9.17) is 5.11 Å². The van der Waals surface area contributed by atoms with E-state index in [1.54, 1.807) is 12.4 Å². The van der Waals surface area contributed by atoms with Crippen molar-refractivity contribution in [2.75, 3.05) is 11.4 Å². The normalized spacial score (nSPS) is 25.8. The molecule has 0 saturated carbocycles. The number of piperidine rings is 1. The van der Waals surface area contributed by atoms with E-state index in [2.05, 4.69) is 28.7 Å². The number of nitrogens with zero attached hydrogens (tertiary/aromatic N) is 3. The van der Waals surface area contributed by atoms with Gasteiger partial charge in [-0.1, -0.05) is 6.92 Å². The van der Waals surface area contributed by atoms with Gasteiger partial charge in [0.1, 0.15) is 5.82 Å². The number of anilines is 1. The molecule has 0 aliphatic carbocycles. The van der Waals surface area contributed by atoms with E-state index in [1.807, 2.05) is 0 Å². The third-order valence-corrected chi connectivity index (χ3v) is 3.25. The third kappa shape index (κ3) is 2.32. The van der Waals surface area contributed by atoms with Gasteiger partial charge in [0.2, 0.25) is 0 Å². The Labute approximate surface area is 96.3 Å². The van der Waals surface area contributed by atoms with Crippen LogP contribution in [0.15, 0.2) is 12.4 Å². The summed E-state index contributed by atoms with van der Waals surface area (Å²) in [6, 6.07) is 0.513. The molecular formula is C12H19N3O. The number of hydrogen-bond donors (Lipinski definition) is 1. The summed E-state index contributed by atoms with van der Waals surface area (Å²) >= 11 is 0. The van der Waals surface area contributed by atoms with Crippen molar-refractivity contribution in [1.29, 1.82) is 0 Å². The molecule has 1 fully saturated rings. The Hall–Kier alpha value is -1.16. The van der Waals surface area contributed by atoms with Crippen LogP contribution in [0.5, 0.6) is 0 Å². The zero-order chi connectivity index (χ0) is 11.5. The van der Waals surface area contributed by atoms with E-state index < -0.39 is 0 Å². The highest BCUT2D eigenvalue weighted by Gasteiger charge is 2.24. The Morgan fingerprint density at radius 2 is 2.19 bits per heavy atom. The first-order valence-electron chi connectivity index (χ1n) is 5.89. The van der Waals surface area contributed by atoms with Gasteiger partial charge < -0.3 is 10.0 Å². The highest BCUT2D eigenvalue weighted by atomic mass is 16.3. The molecule has 0 bridgehead atoms. The average Bonchev–Trinajstić information content (AvgIpc) is 2.32. The molecule has 0 amide bonds. The highest BCUT2D eigenvalue weighted by Crippen LogP contribution is 2.25. The van der Waals surface area contributed by atoms with Crippen LogP contribution in [0.2, 0.25) is 0 Å². The molecule has 2 atom stereocenters. The SMILES string of the molecule is CC1CCC(C)N(c2cncc(CO)n2)C1. The summed E-state index contributed by atoms with van der Waals surface area (Å²) in [4.78, 5) is 10.8. The molecule has 1 aromatic rings. The van der Waals surface area contributed by atoms with Gasteiger partial charge in [0, 0.05) is 12.6 Å². The van der Waals surface area contributed by atoms with Gasteiger partial charge in [-0.3, -0.25) is 4.98 Å². The molecule has 2 heterocycles. The van der Waals surface area contributed by atoms with Gasteiger partial charge in [-0.2, -0.15) is 0 Å². The summed E-state index contributed by atoms with van der Waals surface area (Å²) in [5, 5.41) is 9.06. The van der Waals surface area contributed by atoms with Crippen LogP contribution in [0, 0.1) is 5.92 Å². The maximum Gasteiger partial charge on any atom is 0.147 e. The number of aliphatic hydroxyl groups excluding tert-OH is 1. The minimum atomic E-state index is -0.0430. The van der Waals surface area contributed by atoms with Crippen molar-refractivity contribution in [1.82, 2.24) is 9.97 Å². The van der Waals surface area contributed by atoms with E-state index in [1.165, 1.54) is 12.8 Å². The average molecular weight is 221 g/mol. The van der Waals surface area contributed by atoms with Crippen LogP contribution in [-0.4, -0.2) is 27.7 Å². The summed E-state index contributed by atoms with van der Waals surface area (Å²) in [6.07, 6.45) is 5.88. The quantitative estimate of drug-likeness (QED) is 0.824. The maximum atomic E-state index is 9.06. The van der Waals surface area contributed by atoms with Gasteiger partial charge in [0.05, 0.1) is 24.7 Å². The fourth-order valence-corrected chi connectivity index (χ4v) is 2.22. The smallest absolute Gasteiger partial charge is 0.147 e. The second kappa shape index (κ2) is 4.78. The molecular weight excluding hydrogens is 202 g/mol. The molecule has 1 saturated heterocycles. The highest BCUT2D eigenvalue weighted by molar-refractivity contribution is 5.38. The van der Waals surface area contributed by atoms with Gasteiger partial charge in [-0.15, -0.1) is 0 Å². The van der Waals surface area contributed by atoms with Gasteiger partial charge in [-0.05, 0) is 25.7 Å². The molecule has 4 heteroatoms. The van der Waals surface area contributed by atoms with Crippen LogP contribution in [0.3, 0.4) is 0 Å². The zero-order valence-electron chi connectivity index (χ0n) is 9.93. The molecule has 4 nitrogen and oxygen atoms in total. The van der Waals surface area contributed by atoms with E-state index in [0.29, 0.717) is 17.7 Å². The van der Waals surface area contributed by atoms with Crippen LogP contribution < -0.4 is 4.90 Å². The van der Waals surface area contributed by atoms with E-state index in [0.717, 1.165) is 12.4 Å². The van der Waals surface area contributed by atoms with Crippen molar-refractivity contribution in [3.05, 3.63) is 18.1 Å². The van der Waals surface area contributed by atoms with E-state index in [-0.39, 0.29) is 6.61 Å². The molecule has 1 aromatic heterocycles. The van der Waals surface area contributed by atoms with E-state index in [9.17, 15) is 0 Å². The van der Waals surface area contributed by atoms with Gasteiger partial charge in [0.15, 0.2) is 0 Å². The van der Waals surface area contributed by atoms with Crippen LogP contribution in [-0.2, 0) is 6.61 Å². The molecule has 1 N–H and O–H groups in total. The van der Waals surface area contributed by atoms with Crippen LogP contribution in [0.1, 0.15) is 32.4 Å². The van der Waals surface area contributed by atoms with Crippen molar-refractivity contribution in [3.8, 4) is 0 Å². The first kappa shape index (κ1) is 11.3. The number of rotatable bonds is 2. The Morgan fingerprint density at radius 1 is 1.38 bits per heavy atom. The monoisotopic (exact) mass is 221 g/mol. The molecule has 0 spiro atoms. The lowest BCUT2D eigenvalue weighted by Crippen LogP contribution is -2.41. The molecule has 88 valence electrons. The van der Waals surface area contributed by atoms with Crippen molar-refractivity contribution in [3.63, 3.8) is 0 Å². The lowest BCUT2D eigenvalue weighted by Gasteiger charge is -2.37. The van der Waals surface area contributed by atoms with Gasteiger partial charge in [-0.25, -0.2) is 4.98 Å². The van der Waals surface area contributed by atoms with Crippen LogP contribution in [0.25, 0.3) is 0 Å². The first-order valence-corrected chi connectivity index (χ1v) is 5.89. The summed E-state index contributed by atoms with van der Waals surface area (Å²) < 4.78 is 0. The maximum absolute atomic E-state index is 9.06. The lowest BCUT2D eigenvalue weighted by atomic mass is 9.95. The summed E-state index contributed by atoms with van der Waals surface area (Å²) in [5.41, 5.74) is 0.642. The van der Waals surface area contributed by atoms with Crippen LogP contribution in [0.4, 0.5) is 5.82 Å².